The second-order valence-corrected chi connectivity index (χ2v) is 5.43. The highest BCUT2D eigenvalue weighted by Crippen LogP contribution is 2.37. The van der Waals surface area contributed by atoms with E-state index in [2.05, 4.69) is 0 Å². The van der Waals surface area contributed by atoms with E-state index >= 15 is 0 Å². The van der Waals surface area contributed by atoms with E-state index in [0.717, 1.165) is 5.56 Å². The number of aromatic hydroxyl groups is 1. The minimum atomic E-state index is -0.170. The molecule has 0 spiro atoms. The molecule has 0 aliphatic rings. The molecule has 0 bridgehead atoms. The van der Waals surface area contributed by atoms with Gasteiger partial charge in [-0.1, -0.05) is 6.08 Å². The third-order valence-electron chi connectivity index (χ3n) is 3.79. The molecule has 2 aromatic carbocycles. The molecular weight excluding hydrogens is 336 g/mol. The number of carbonyl (C=O) groups is 1. The Kier molecular flexibility index (Phi) is 6.63. The number of allylic oxidation sites excluding steroid dienone is 1. The summed E-state index contributed by atoms with van der Waals surface area (Å²) in [6.07, 6.45) is 3.08. The number of benzene rings is 2. The van der Waals surface area contributed by atoms with E-state index in [4.69, 9.17) is 18.9 Å². The van der Waals surface area contributed by atoms with Crippen molar-refractivity contribution in [2.75, 3.05) is 28.4 Å². The fraction of sp³-hybridized carbons (Fsp3) is 0.250. The van der Waals surface area contributed by atoms with Crippen LogP contribution in [0.1, 0.15) is 21.5 Å². The van der Waals surface area contributed by atoms with E-state index in [1.807, 2.05) is 0 Å². The largest absolute Gasteiger partial charge is 0.502 e. The van der Waals surface area contributed by atoms with Crippen LogP contribution >= 0.6 is 0 Å². The minimum absolute atomic E-state index is 0.0853. The number of hydrogen-bond donors (Lipinski definition) is 1. The van der Waals surface area contributed by atoms with Crippen molar-refractivity contribution >= 4 is 11.9 Å². The first-order valence-corrected chi connectivity index (χ1v) is 7.87. The van der Waals surface area contributed by atoms with Crippen LogP contribution in [0.2, 0.25) is 0 Å². The van der Waals surface area contributed by atoms with Gasteiger partial charge in [0.2, 0.25) is 5.75 Å². The van der Waals surface area contributed by atoms with Crippen molar-refractivity contribution in [1.82, 2.24) is 0 Å². The number of methoxy groups -OCH3 is 4. The van der Waals surface area contributed by atoms with Crippen LogP contribution in [0.25, 0.3) is 6.08 Å². The molecule has 138 valence electrons. The SMILES string of the molecule is COCc1cc(C(=O)/C=C/c2cc(OC)c(O)c(OC)c2)ccc1OC. The predicted molar refractivity (Wildman–Crippen MR) is 98.3 cm³/mol. The lowest BCUT2D eigenvalue weighted by atomic mass is 10.0. The van der Waals surface area contributed by atoms with Crippen LogP contribution in [0.5, 0.6) is 23.0 Å². The molecule has 1 N–H and O–H groups in total. The van der Waals surface area contributed by atoms with E-state index in [0.29, 0.717) is 23.5 Å². The molecule has 0 saturated heterocycles. The van der Waals surface area contributed by atoms with Gasteiger partial charge in [-0.15, -0.1) is 0 Å². The lowest BCUT2D eigenvalue weighted by Crippen LogP contribution is -2.00. The molecule has 0 heterocycles. The normalized spacial score (nSPS) is 10.8. The molecule has 0 amide bonds. The van der Waals surface area contributed by atoms with Crippen LogP contribution in [0.15, 0.2) is 36.4 Å². The van der Waals surface area contributed by atoms with Crippen LogP contribution in [0, 0.1) is 0 Å². The number of phenols is 1. The smallest absolute Gasteiger partial charge is 0.200 e. The van der Waals surface area contributed by atoms with Gasteiger partial charge < -0.3 is 24.1 Å². The highest BCUT2D eigenvalue weighted by Gasteiger charge is 2.11. The molecule has 2 aromatic rings. The second-order valence-electron chi connectivity index (χ2n) is 5.43. The Balaban J connectivity index is 2.28. The Labute approximate surface area is 152 Å². The highest BCUT2D eigenvalue weighted by atomic mass is 16.5. The lowest BCUT2D eigenvalue weighted by molar-refractivity contribution is 0.104. The van der Waals surface area contributed by atoms with E-state index in [-0.39, 0.29) is 23.0 Å². The molecule has 0 fully saturated rings. The maximum atomic E-state index is 12.5. The standard InChI is InChI=1S/C20H22O6/c1-23-12-15-11-14(6-8-17(15)24-2)16(21)7-5-13-9-18(25-3)20(22)19(10-13)26-4/h5-11,22H,12H2,1-4H3/b7-5+. The van der Waals surface area contributed by atoms with Gasteiger partial charge in [-0.05, 0) is 42.0 Å². The van der Waals surface area contributed by atoms with Gasteiger partial charge in [-0.25, -0.2) is 0 Å². The summed E-state index contributed by atoms with van der Waals surface area (Å²) in [5, 5.41) is 9.93. The second kappa shape index (κ2) is 8.92. The zero-order valence-electron chi connectivity index (χ0n) is 15.2. The molecule has 0 unspecified atom stereocenters. The number of carbonyl (C=O) groups excluding carboxylic acids is 1. The molecule has 2 rings (SSSR count). The number of ether oxygens (including phenoxy) is 4. The number of hydrogen-bond acceptors (Lipinski definition) is 6. The average molecular weight is 358 g/mol. The van der Waals surface area contributed by atoms with Gasteiger partial charge in [0.05, 0.1) is 27.9 Å². The predicted octanol–water partition coefficient (Wildman–Crippen LogP) is 3.46. The Morgan fingerprint density at radius 1 is 0.962 bits per heavy atom. The van der Waals surface area contributed by atoms with Crippen molar-refractivity contribution < 1.29 is 28.8 Å². The first-order chi connectivity index (χ1) is 12.5. The van der Waals surface area contributed by atoms with Gasteiger partial charge in [0, 0.05) is 18.2 Å². The van der Waals surface area contributed by atoms with Crippen LogP contribution in [0.3, 0.4) is 0 Å². The monoisotopic (exact) mass is 358 g/mol. The summed E-state index contributed by atoms with van der Waals surface area (Å²) >= 11 is 0. The summed E-state index contributed by atoms with van der Waals surface area (Å²) in [7, 11) is 6.05. The molecule has 0 aromatic heterocycles. The molecule has 0 saturated carbocycles. The van der Waals surface area contributed by atoms with Gasteiger partial charge in [0.25, 0.3) is 0 Å². The number of phenolic OH excluding ortho intramolecular Hbond substituents is 1. The zero-order chi connectivity index (χ0) is 19.1. The molecule has 0 aliphatic carbocycles. The van der Waals surface area contributed by atoms with E-state index in [1.165, 1.54) is 20.3 Å². The number of ketones is 1. The summed E-state index contributed by atoms with van der Waals surface area (Å²) in [6, 6.07) is 8.41. The molecular formula is C20H22O6. The Morgan fingerprint density at radius 3 is 2.12 bits per heavy atom. The first kappa shape index (κ1) is 19.3. The molecule has 0 atom stereocenters. The average Bonchev–Trinajstić information content (AvgIpc) is 2.67. The summed E-state index contributed by atoms with van der Waals surface area (Å²) in [4.78, 5) is 12.5. The summed E-state index contributed by atoms with van der Waals surface area (Å²) in [5.41, 5.74) is 1.98. The molecule has 26 heavy (non-hydrogen) atoms. The molecule has 6 nitrogen and oxygen atoms in total. The third kappa shape index (κ3) is 4.34. The Hall–Kier alpha value is -2.99. The summed E-state index contributed by atoms with van der Waals surface area (Å²) in [5.74, 6) is 0.945. The van der Waals surface area contributed by atoms with Crippen LogP contribution in [0.4, 0.5) is 0 Å². The van der Waals surface area contributed by atoms with Gasteiger partial charge >= 0.3 is 0 Å². The van der Waals surface area contributed by atoms with Crippen LogP contribution in [-0.4, -0.2) is 39.3 Å². The lowest BCUT2D eigenvalue weighted by Gasteiger charge is -2.10. The quantitative estimate of drug-likeness (QED) is 0.575. The van der Waals surface area contributed by atoms with Gasteiger partial charge in [0.1, 0.15) is 5.75 Å². The maximum Gasteiger partial charge on any atom is 0.200 e. The zero-order valence-corrected chi connectivity index (χ0v) is 15.2. The minimum Gasteiger partial charge on any atom is -0.502 e. The first-order valence-electron chi connectivity index (χ1n) is 7.87. The van der Waals surface area contributed by atoms with Crippen molar-refractivity contribution in [3.05, 3.63) is 53.1 Å². The van der Waals surface area contributed by atoms with Gasteiger partial charge in [0.15, 0.2) is 17.3 Å². The summed E-state index contributed by atoms with van der Waals surface area (Å²) < 4.78 is 20.6. The van der Waals surface area contributed by atoms with E-state index in [1.54, 1.807) is 50.6 Å². The van der Waals surface area contributed by atoms with Crippen LogP contribution in [-0.2, 0) is 11.3 Å². The van der Waals surface area contributed by atoms with E-state index < -0.39 is 0 Å². The van der Waals surface area contributed by atoms with Gasteiger partial charge in [-0.3, -0.25) is 4.79 Å². The van der Waals surface area contributed by atoms with Crippen molar-refractivity contribution in [1.29, 1.82) is 0 Å². The fourth-order valence-electron chi connectivity index (χ4n) is 2.48. The topological polar surface area (TPSA) is 74.2 Å². The Morgan fingerprint density at radius 2 is 1.58 bits per heavy atom. The Bertz CT molecular complexity index is 785. The number of rotatable bonds is 8. The van der Waals surface area contributed by atoms with Crippen molar-refractivity contribution in [2.45, 2.75) is 6.61 Å². The van der Waals surface area contributed by atoms with Gasteiger partial charge in [-0.2, -0.15) is 0 Å². The van der Waals surface area contributed by atoms with E-state index in [9.17, 15) is 9.90 Å². The fourth-order valence-corrected chi connectivity index (χ4v) is 2.48. The van der Waals surface area contributed by atoms with Crippen LogP contribution < -0.4 is 14.2 Å². The van der Waals surface area contributed by atoms with Crippen molar-refractivity contribution in [3.63, 3.8) is 0 Å². The molecule has 0 aliphatic heterocycles. The van der Waals surface area contributed by atoms with Crippen molar-refractivity contribution in [2.24, 2.45) is 0 Å². The molecule has 0 radical (unpaired) electrons. The third-order valence-corrected chi connectivity index (χ3v) is 3.79. The molecule has 6 heteroatoms. The highest BCUT2D eigenvalue weighted by molar-refractivity contribution is 6.07. The maximum absolute atomic E-state index is 12.5. The summed E-state index contributed by atoms with van der Waals surface area (Å²) in [6.45, 7) is 0.348. The van der Waals surface area contributed by atoms with Crippen molar-refractivity contribution in [3.8, 4) is 23.0 Å².